The van der Waals surface area contributed by atoms with Crippen LogP contribution in [0.5, 0.6) is 11.5 Å². The lowest BCUT2D eigenvalue weighted by atomic mass is 10.1. The lowest BCUT2D eigenvalue weighted by Crippen LogP contribution is -2.21. The Bertz CT molecular complexity index is 1530. The van der Waals surface area contributed by atoms with Gasteiger partial charge in [-0.3, -0.25) is 9.59 Å². The van der Waals surface area contributed by atoms with E-state index < -0.39 is 0 Å². The van der Waals surface area contributed by atoms with E-state index in [-0.39, 0.29) is 17.9 Å². The largest absolute Gasteiger partial charge is 0.493 e. The number of nitrogens with one attached hydrogen (secondary N) is 1. The zero-order valence-electron chi connectivity index (χ0n) is 18.6. The van der Waals surface area contributed by atoms with Gasteiger partial charge in [-0.1, -0.05) is 24.3 Å². The second-order valence-electron chi connectivity index (χ2n) is 7.61. The lowest BCUT2D eigenvalue weighted by Gasteiger charge is -2.14. The molecule has 0 aliphatic carbocycles. The van der Waals surface area contributed by atoms with Crippen molar-refractivity contribution >= 4 is 44.2 Å². The van der Waals surface area contributed by atoms with Crippen LogP contribution in [0.25, 0.3) is 33.1 Å². The molecule has 3 aromatic carbocycles. The summed E-state index contributed by atoms with van der Waals surface area (Å²) in [5, 5.41) is 6.42. The number of carbonyl (C=O) groups excluding carboxylic acids is 1. The first-order valence-corrected chi connectivity index (χ1v) is 11.4. The van der Waals surface area contributed by atoms with E-state index in [1.807, 2.05) is 64.5 Å². The van der Waals surface area contributed by atoms with Crippen LogP contribution < -0.4 is 20.2 Å². The Kier molecular flexibility index (Phi) is 5.73. The molecule has 0 saturated heterocycles. The first-order chi connectivity index (χ1) is 16.6. The van der Waals surface area contributed by atoms with Gasteiger partial charge in [-0.15, -0.1) is 11.3 Å². The Balaban J connectivity index is 1.43. The fraction of sp³-hybridized carbons (Fsp3) is 0.115. The molecule has 1 amide bonds. The summed E-state index contributed by atoms with van der Waals surface area (Å²) in [5.74, 6) is 1.01. The second-order valence-corrected chi connectivity index (χ2v) is 8.46. The zero-order chi connectivity index (χ0) is 23.7. The molecule has 5 aromatic rings. The Morgan fingerprint density at radius 3 is 2.24 bits per heavy atom. The highest BCUT2D eigenvalue weighted by atomic mass is 32.1. The predicted octanol–water partition coefficient (Wildman–Crippen LogP) is 4.93. The van der Waals surface area contributed by atoms with Crippen LogP contribution in [0.15, 0.2) is 76.9 Å². The molecule has 8 heteroatoms. The summed E-state index contributed by atoms with van der Waals surface area (Å²) in [5.41, 5.74) is 2.97. The van der Waals surface area contributed by atoms with E-state index in [1.165, 1.54) is 11.3 Å². The second kappa shape index (κ2) is 8.99. The Morgan fingerprint density at radius 1 is 0.941 bits per heavy atom. The molecular formula is C26H21N3O4S. The van der Waals surface area contributed by atoms with Gasteiger partial charge in [-0.2, -0.15) is 0 Å². The smallest absolute Gasteiger partial charge is 0.246 e. The minimum absolute atomic E-state index is 0.0395. The van der Waals surface area contributed by atoms with Crippen LogP contribution in [0.1, 0.15) is 0 Å². The van der Waals surface area contributed by atoms with Crippen LogP contribution in [0.2, 0.25) is 0 Å². The number of methoxy groups -OCH3 is 2. The van der Waals surface area contributed by atoms with Crippen LogP contribution in [0.3, 0.4) is 0 Å². The molecule has 7 nitrogen and oxygen atoms in total. The van der Waals surface area contributed by atoms with Crippen LogP contribution in [0.4, 0.5) is 5.13 Å². The van der Waals surface area contributed by atoms with Gasteiger partial charge in [0.15, 0.2) is 22.1 Å². The molecule has 0 radical (unpaired) electrons. The molecule has 5 rings (SSSR count). The maximum Gasteiger partial charge on any atom is 0.246 e. The molecule has 2 heterocycles. The highest BCUT2D eigenvalue weighted by molar-refractivity contribution is 7.14. The van der Waals surface area contributed by atoms with Gasteiger partial charge in [0.05, 0.1) is 30.9 Å². The number of hydrogen-bond acceptors (Lipinski definition) is 6. The Hall–Kier alpha value is -4.17. The summed E-state index contributed by atoms with van der Waals surface area (Å²) < 4.78 is 12.5. The fourth-order valence-electron chi connectivity index (χ4n) is 4.01. The van der Waals surface area contributed by atoms with Gasteiger partial charge in [0.1, 0.15) is 6.54 Å². The van der Waals surface area contributed by atoms with E-state index in [9.17, 15) is 9.59 Å². The standard InChI is InChI=1S/C26H21N3O4S/c1-32-22-12-11-16(13-23(22)33-2)19-15-34-26(27-19)28-24(30)14-29-20-9-5-3-7-17(20)25(31)18-8-4-6-10-21(18)29/h3-13,15H,14H2,1-2H3,(H,27,28,30). The van der Waals surface area contributed by atoms with Gasteiger partial charge < -0.3 is 19.4 Å². The van der Waals surface area contributed by atoms with E-state index in [1.54, 1.807) is 26.4 Å². The van der Waals surface area contributed by atoms with Gasteiger partial charge in [0, 0.05) is 21.7 Å². The topological polar surface area (TPSA) is 82.5 Å². The molecule has 0 fully saturated rings. The fourth-order valence-corrected chi connectivity index (χ4v) is 4.74. The summed E-state index contributed by atoms with van der Waals surface area (Å²) in [4.78, 5) is 30.5. The molecule has 0 unspecified atom stereocenters. The van der Waals surface area contributed by atoms with Gasteiger partial charge in [-0.05, 0) is 42.5 Å². The number of anilines is 1. The third-order valence-electron chi connectivity index (χ3n) is 5.61. The number of amides is 1. The third kappa shape index (κ3) is 3.88. The van der Waals surface area contributed by atoms with Crippen LogP contribution >= 0.6 is 11.3 Å². The normalized spacial score (nSPS) is 11.0. The molecule has 0 spiro atoms. The van der Waals surface area contributed by atoms with E-state index in [0.29, 0.717) is 38.4 Å². The zero-order valence-corrected chi connectivity index (χ0v) is 19.4. The molecule has 0 aliphatic heterocycles. The number of para-hydroxylation sites is 2. The molecule has 0 saturated carbocycles. The van der Waals surface area contributed by atoms with Crippen LogP contribution in [0, 0.1) is 0 Å². The third-order valence-corrected chi connectivity index (χ3v) is 6.37. The quantitative estimate of drug-likeness (QED) is 0.355. The molecule has 0 aliphatic rings. The summed E-state index contributed by atoms with van der Waals surface area (Å²) in [6, 6.07) is 20.2. The van der Waals surface area contributed by atoms with Crippen molar-refractivity contribution in [2.75, 3.05) is 19.5 Å². The minimum atomic E-state index is -0.229. The lowest BCUT2D eigenvalue weighted by molar-refractivity contribution is -0.116. The average Bonchev–Trinajstić information content (AvgIpc) is 3.34. The SMILES string of the molecule is COc1ccc(-c2csc(NC(=O)Cn3c4ccccc4c(=O)c4ccccc43)n2)cc1OC. The maximum atomic E-state index is 13.0. The molecule has 0 bridgehead atoms. The van der Waals surface area contributed by atoms with Crippen molar-refractivity contribution in [2.45, 2.75) is 6.54 Å². The predicted molar refractivity (Wildman–Crippen MR) is 135 cm³/mol. The van der Waals surface area contributed by atoms with E-state index >= 15 is 0 Å². The highest BCUT2D eigenvalue weighted by Crippen LogP contribution is 2.33. The van der Waals surface area contributed by atoms with Crippen molar-refractivity contribution in [2.24, 2.45) is 0 Å². The van der Waals surface area contributed by atoms with Crippen molar-refractivity contribution in [3.05, 3.63) is 82.3 Å². The summed E-state index contributed by atoms with van der Waals surface area (Å²) in [6.07, 6.45) is 0. The van der Waals surface area contributed by atoms with Gasteiger partial charge in [0.25, 0.3) is 0 Å². The number of nitrogens with zero attached hydrogens (tertiary/aromatic N) is 2. The summed E-state index contributed by atoms with van der Waals surface area (Å²) in [7, 11) is 3.17. The number of benzene rings is 3. The Labute approximate surface area is 199 Å². The monoisotopic (exact) mass is 471 g/mol. The van der Waals surface area contributed by atoms with Crippen LogP contribution in [-0.2, 0) is 11.3 Å². The number of rotatable bonds is 6. The van der Waals surface area contributed by atoms with E-state index in [0.717, 1.165) is 11.3 Å². The first kappa shape index (κ1) is 21.7. The molecule has 34 heavy (non-hydrogen) atoms. The highest BCUT2D eigenvalue weighted by Gasteiger charge is 2.15. The van der Waals surface area contributed by atoms with Crippen LogP contribution in [-0.4, -0.2) is 29.7 Å². The molecule has 0 atom stereocenters. The van der Waals surface area contributed by atoms with E-state index in [2.05, 4.69) is 10.3 Å². The number of ether oxygens (including phenoxy) is 2. The molecular weight excluding hydrogens is 450 g/mol. The van der Waals surface area contributed by atoms with Crippen molar-refractivity contribution in [3.63, 3.8) is 0 Å². The average molecular weight is 472 g/mol. The van der Waals surface area contributed by atoms with Crippen molar-refractivity contribution in [1.29, 1.82) is 0 Å². The molecule has 1 N–H and O–H groups in total. The summed E-state index contributed by atoms with van der Waals surface area (Å²) >= 11 is 1.34. The molecule has 2 aromatic heterocycles. The maximum absolute atomic E-state index is 13.0. The number of fused-ring (bicyclic) bond motifs is 2. The number of thiazole rings is 1. The number of pyridine rings is 1. The number of carbonyl (C=O) groups is 1. The number of hydrogen-bond donors (Lipinski definition) is 1. The van der Waals surface area contributed by atoms with Gasteiger partial charge in [-0.25, -0.2) is 4.98 Å². The minimum Gasteiger partial charge on any atom is -0.493 e. The van der Waals surface area contributed by atoms with Gasteiger partial charge >= 0.3 is 0 Å². The number of aromatic nitrogens is 2. The molecule has 170 valence electrons. The van der Waals surface area contributed by atoms with E-state index in [4.69, 9.17) is 9.47 Å². The van der Waals surface area contributed by atoms with Crippen molar-refractivity contribution in [1.82, 2.24) is 9.55 Å². The van der Waals surface area contributed by atoms with Crippen molar-refractivity contribution < 1.29 is 14.3 Å². The Morgan fingerprint density at radius 2 is 1.59 bits per heavy atom. The first-order valence-electron chi connectivity index (χ1n) is 10.6. The summed E-state index contributed by atoms with van der Waals surface area (Å²) in [6.45, 7) is 0.0482. The van der Waals surface area contributed by atoms with Gasteiger partial charge in [0.2, 0.25) is 5.91 Å². The van der Waals surface area contributed by atoms with Crippen molar-refractivity contribution in [3.8, 4) is 22.8 Å².